The van der Waals surface area contributed by atoms with Crippen LogP contribution in [0.1, 0.15) is 24.1 Å². The van der Waals surface area contributed by atoms with Crippen LogP contribution in [0.25, 0.3) is 0 Å². The molecule has 0 amide bonds. The van der Waals surface area contributed by atoms with Gasteiger partial charge in [0.05, 0.1) is 20.3 Å². The smallest absolute Gasteiger partial charge is 0.162 e. The van der Waals surface area contributed by atoms with Crippen LogP contribution < -0.4 is 14.8 Å². The van der Waals surface area contributed by atoms with E-state index in [-0.39, 0.29) is 6.04 Å². The summed E-state index contributed by atoms with van der Waals surface area (Å²) in [7, 11) is 3.13. The Morgan fingerprint density at radius 3 is 2.23 bits per heavy atom. The van der Waals surface area contributed by atoms with E-state index < -0.39 is 11.6 Å². The quantitative estimate of drug-likeness (QED) is 0.884. The number of ether oxygens (including phenoxy) is 2. The molecule has 118 valence electrons. The minimum absolute atomic E-state index is 0.322. The first-order chi connectivity index (χ1) is 10.5. The number of hydrogen-bond acceptors (Lipinski definition) is 3. The molecule has 0 aliphatic rings. The standard InChI is InChI=1S/C17H19F2NO2/c1-10-7-16(21-3)17(22-4)9-15(10)20-11(2)13-6-5-12(18)8-14(13)19/h5-9,11,20H,1-4H3. The van der Waals surface area contributed by atoms with Gasteiger partial charge >= 0.3 is 0 Å². The zero-order valence-electron chi connectivity index (χ0n) is 13.0. The lowest BCUT2D eigenvalue weighted by Gasteiger charge is -2.20. The van der Waals surface area contributed by atoms with Crippen molar-refractivity contribution >= 4 is 5.69 Å². The second-order valence-electron chi connectivity index (χ2n) is 5.05. The molecule has 0 heterocycles. The molecule has 3 nitrogen and oxygen atoms in total. The molecule has 0 fully saturated rings. The van der Waals surface area contributed by atoms with Crippen molar-refractivity contribution in [1.82, 2.24) is 0 Å². The largest absolute Gasteiger partial charge is 0.493 e. The molecule has 22 heavy (non-hydrogen) atoms. The van der Waals surface area contributed by atoms with Gasteiger partial charge in [-0.25, -0.2) is 8.78 Å². The highest BCUT2D eigenvalue weighted by Gasteiger charge is 2.14. The van der Waals surface area contributed by atoms with Crippen molar-refractivity contribution < 1.29 is 18.3 Å². The Labute approximate surface area is 128 Å². The summed E-state index contributed by atoms with van der Waals surface area (Å²) in [5.41, 5.74) is 2.14. The number of hydrogen-bond donors (Lipinski definition) is 1. The highest BCUT2D eigenvalue weighted by Crippen LogP contribution is 2.34. The predicted octanol–water partition coefficient (Wildman–Crippen LogP) is 4.46. The summed E-state index contributed by atoms with van der Waals surface area (Å²) < 4.78 is 37.3. The summed E-state index contributed by atoms with van der Waals surface area (Å²) in [5.74, 6) is 0.0578. The third-order valence-corrected chi connectivity index (χ3v) is 3.53. The van der Waals surface area contributed by atoms with Crippen LogP contribution in [0.3, 0.4) is 0 Å². The second-order valence-corrected chi connectivity index (χ2v) is 5.05. The molecule has 0 saturated heterocycles. The molecule has 5 heteroatoms. The molecule has 0 aromatic heterocycles. The third kappa shape index (κ3) is 3.30. The summed E-state index contributed by atoms with van der Waals surface area (Å²) in [6, 6.07) is 6.89. The van der Waals surface area contributed by atoms with Crippen molar-refractivity contribution in [2.24, 2.45) is 0 Å². The molecule has 1 atom stereocenters. The van der Waals surface area contributed by atoms with Crippen molar-refractivity contribution in [3.05, 3.63) is 53.1 Å². The minimum atomic E-state index is -0.587. The van der Waals surface area contributed by atoms with Crippen molar-refractivity contribution in [3.8, 4) is 11.5 Å². The van der Waals surface area contributed by atoms with E-state index in [2.05, 4.69) is 5.32 Å². The maximum Gasteiger partial charge on any atom is 0.162 e. The maximum atomic E-state index is 13.8. The van der Waals surface area contributed by atoms with E-state index in [9.17, 15) is 8.78 Å². The maximum absolute atomic E-state index is 13.8. The summed E-state index contributed by atoms with van der Waals surface area (Å²) in [4.78, 5) is 0. The molecular weight excluding hydrogens is 288 g/mol. The van der Waals surface area contributed by atoms with E-state index in [1.54, 1.807) is 20.3 Å². The van der Waals surface area contributed by atoms with Gasteiger partial charge in [0.15, 0.2) is 11.5 Å². The lowest BCUT2D eigenvalue weighted by Crippen LogP contribution is -2.10. The SMILES string of the molecule is COc1cc(C)c(NC(C)c2ccc(F)cc2F)cc1OC. The molecule has 2 aromatic rings. The summed E-state index contributed by atoms with van der Waals surface area (Å²) in [5, 5.41) is 3.21. The van der Waals surface area contributed by atoms with Gasteiger partial charge in [-0.15, -0.1) is 0 Å². The number of rotatable bonds is 5. The van der Waals surface area contributed by atoms with E-state index in [4.69, 9.17) is 9.47 Å². The number of anilines is 1. The first-order valence-corrected chi connectivity index (χ1v) is 6.90. The van der Waals surface area contributed by atoms with Gasteiger partial charge in [0, 0.05) is 23.4 Å². The van der Waals surface area contributed by atoms with E-state index >= 15 is 0 Å². The van der Waals surface area contributed by atoms with Crippen LogP contribution in [-0.2, 0) is 0 Å². The molecule has 1 N–H and O–H groups in total. The van der Waals surface area contributed by atoms with Gasteiger partial charge in [-0.2, -0.15) is 0 Å². The Morgan fingerprint density at radius 2 is 1.64 bits per heavy atom. The number of methoxy groups -OCH3 is 2. The summed E-state index contributed by atoms with van der Waals surface area (Å²) in [6.45, 7) is 3.73. The molecule has 0 radical (unpaired) electrons. The van der Waals surface area contributed by atoms with Crippen LogP contribution >= 0.6 is 0 Å². The van der Waals surface area contributed by atoms with Crippen LogP contribution in [0, 0.1) is 18.6 Å². The zero-order chi connectivity index (χ0) is 16.3. The van der Waals surface area contributed by atoms with Gasteiger partial charge in [0.1, 0.15) is 11.6 Å². The molecule has 2 rings (SSSR count). The Kier molecular flexibility index (Phi) is 4.85. The second kappa shape index (κ2) is 6.64. The Balaban J connectivity index is 2.29. The molecule has 0 bridgehead atoms. The lowest BCUT2D eigenvalue weighted by molar-refractivity contribution is 0.355. The fourth-order valence-corrected chi connectivity index (χ4v) is 2.30. The van der Waals surface area contributed by atoms with Crippen molar-refractivity contribution in [3.63, 3.8) is 0 Å². The van der Waals surface area contributed by atoms with Crippen molar-refractivity contribution in [1.29, 1.82) is 0 Å². The van der Waals surface area contributed by atoms with Crippen LogP contribution in [0.5, 0.6) is 11.5 Å². The number of benzene rings is 2. The number of nitrogens with one attached hydrogen (secondary N) is 1. The Bertz CT molecular complexity index is 674. The van der Waals surface area contributed by atoms with Crippen LogP contribution in [0.15, 0.2) is 30.3 Å². The fraction of sp³-hybridized carbons (Fsp3) is 0.294. The van der Waals surface area contributed by atoms with E-state index in [0.29, 0.717) is 17.1 Å². The normalized spacial score (nSPS) is 11.9. The third-order valence-electron chi connectivity index (χ3n) is 3.53. The Morgan fingerprint density at radius 1 is 1.00 bits per heavy atom. The van der Waals surface area contributed by atoms with Crippen LogP contribution in [-0.4, -0.2) is 14.2 Å². The number of halogens is 2. The van der Waals surface area contributed by atoms with Gasteiger partial charge in [0.25, 0.3) is 0 Å². The van der Waals surface area contributed by atoms with Crippen LogP contribution in [0.2, 0.25) is 0 Å². The molecular formula is C17H19F2NO2. The number of aryl methyl sites for hydroxylation is 1. The Hall–Kier alpha value is -2.30. The first kappa shape index (κ1) is 16.1. The highest BCUT2D eigenvalue weighted by molar-refractivity contribution is 5.61. The molecule has 2 aromatic carbocycles. The van der Waals surface area contributed by atoms with Crippen LogP contribution in [0.4, 0.5) is 14.5 Å². The molecule has 0 spiro atoms. The monoisotopic (exact) mass is 307 g/mol. The first-order valence-electron chi connectivity index (χ1n) is 6.90. The van der Waals surface area contributed by atoms with Gasteiger partial charge in [-0.3, -0.25) is 0 Å². The molecule has 0 saturated carbocycles. The summed E-state index contributed by atoms with van der Waals surface area (Å²) in [6.07, 6.45) is 0. The lowest BCUT2D eigenvalue weighted by atomic mass is 10.1. The average Bonchev–Trinajstić information content (AvgIpc) is 2.48. The van der Waals surface area contributed by atoms with Gasteiger partial charge in [0.2, 0.25) is 0 Å². The van der Waals surface area contributed by atoms with Gasteiger partial charge in [-0.1, -0.05) is 6.07 Å². The van der Waals surface area contributed by atoms with E-state index in [1.165, 1.54) is 12.1 Å². The summed E-state index contributed by atoms with van der Waals surface area (Å²) >= 11 is 0. The highest BCUT2D eigenvalue weighted by atomic mass is 19.1. The predicted molar refractivity (Wildman–Crippen MR) is 82.7 cm³/mol. The topological polar surface area (TPSA) is 30.5 Å². The van der Waals surface area contributed by atoms with E-state index in [1.807, 2.05) is 19.9 Å². The van der Waals surface area contributed by atoms with Gasteiger partial charge in [-0.05, 0) is 31.5 Å². The average molecular weight is 307 g/mol. The zero-order valence-corrected chi connectivity index (χ0v) is 13.0. The van der Waals surface area contributed by atoms with Crippen molar-refractivity contribution in [2.75, 3.05) is 19.5 Å². The molecule has 0 aliphatic heterocycles. The molecule has 0 aliphatic carbocycles. The van der Waals surface area contributed by atoms with E-state index in [0.717, 1.165) is 17.3 Å². The minimum Gasteiger partial charge on any atom is -0.493 e. The van der Waals surface area contributed by atoms with Gasteiger partial charge < -0.3 is 14.8 Å². The van der Waals surface area contributed by atoms with Crippen molar-refractivity contribution in [2.45, 2.75) is 19.9 Å². The fourth-order valence-electron chi connectivity index (χ4n) is 2.30. The molecule has 1 unspecified atom stereocenters.